The number of carboxylic acids is 1. The zero-order chi connectivity index (χ0) is 18.9. The Morgan fingerprint density at radius 3 is 2.35 bits per heavy atom. The minimum atomic E-state index is -4.49. The van der Waals surface area contributed by atoms with E-state index in [9.17, 15) is 27.9 Å². The zero-order valence-corrected chi connectivity index (χ0v) is 12.9. The van der Waals surface area contributed by atoms with Gasteiger partial charge in [-0.15, -0.1) is 0 Å². The number of rotatable bonds is 3. The summed E-state index contributed by atoms with van der Waals surface area (Å²) in [5.41, 5.74) is -1.77. The Balaban J connectivity index is 2.18. The van der Waals surface area contributed by atoms with Crippen LogP contribution in [0.4, 0.5) is 13.2 Å². The second kappa shape index (κ2) is 6.43. The summed E-state index contributed by atoms with van der Waals surface area (Å²) in [4.78, 5) is 27.5. The lowest BCUT2D eigenvalue weighted by atomic mass is 10.1. The van der Waals surface area contributed by atoms with Crippen LogP contribution in [0.1, 0.15) is 15.9 Å². The average molecular weight is 361 g/mol. The summed E-state index contributed by atoms with van der Waals surface area (Å²) in [6, 6.07) is 8.11. The maximum Gasteiger partial charge on any atom is 0.416 e. The highest BCUT2D eigenvalue weighted by atomic mass is 19.4. The number of hydrogen-bond donors (Lipinski definition) is 1. The minimum Gasteiger partial charge on any atom is -0.477 e. The second-order valence-corrected chi connectivity index (χ2v) is 5.25. The quantitative estimate of drug-likeness (QED) is 0.775. The van der Waals surface area contributed by atoms with Gasteiger partial charge in [0.15, 0.2) is 0 Å². The first kappa shape index (κ1) is 17.3. The molecule has 26 heavy (non-hydrogen) atoms. The summed E-state index contributed by atoms with van der Waals surface area (Å²) in [5, 5.41) is 13.3. The molecule has 132 valence electrons. The van der Waals surface area contributed by atoms with Crippen molar-refractivity contribution in [2.24, 2.45) is 0 Å². The molecule has 0 aliphatic carbocycles. The van der Waals surface area contributed by atoms with Gasteiger partial charge in [0.1, 0.15) is 5.56 Å². The Hall–Kier alpha value is -3.49. The van der Waals surface area contributed by atoms with Gasteiger partial charge in [0.25, 0.3) is 5.56 Å². The van der Waals surface area contributed by atoms with Crippen molar-refractivity contribution >= 4 is 5.97 Å². The van der Waals surface area contributed by atoms with E-state index in [1.54, 1.807) is 0 Å². The predicted octanol–water partition coefficient (Wildman–Crippen LogP) is 3.01. The molecule has 0 saturated heterocycles. The first-order valence-electron chi connectivity index (χ1n) is 7.23. The number of carboxylic acid groups (broad SMARTS) is 1. The highest BCUT2D eigenvalue weighted by Gasteiger charge is 2.30. The molecule has 0 amide bonds. The lowest BCUT2D eigenvalue weighted by molar-refractivity contribution is -0.137. The largest absolute Gasteiger partial charge is 0.477 e. The number of aromatic nitrogens is 3. The number of carbonyl (C=O) groups is 1. The van der Waals surface area contributed by atoms with Gasteiger partial charge < -0.3 is 5.11 Å². The van der Waals surface area contributed by atoms with E-state index in [0.29, 0.717) is 0 Å². The van der Waals surface area contributed by atoms with Gasteiger partial charge in [0.05, 0.1) is 23.1 Å². The van der Waals surface area contributed by atoms with Crippen LogP contribution in [0.25, 0.3) is 16.9 Å². The van der Waals surface area contributed by atoms with Gasteiger partial charge in [0.2, 0.25) is 0 Å². The molecule has 0 fully saturated rings. The maximum atomic E-state index is 12.7. The lowest BCUT2D eigenvalue weighted by Gasteiger charge is -2.10. The van der Waals surface area contributed by atoms with E-state index in [1.165, 1.54) is 24.5 Å². The van der Waals surface area contributed by atoms with Crippen molar-refractivity contribution in [3.8, 4) is 16.9 Å². The molecular formula is C17H10F3N3O3. The summed E-state index contributed by atoms with van der Waals surface area (Å²) in [5.74, 6) is -1.47. The predicted molar refractivity (Wildman–Crippen MR) is 85.0 cm³/mol. The van der Waals surface area contributed by atoms with E-state index in [2.05, 4.69) is 10.1 Å². The summed E-state index contributed by atoms with van der Waals surface area (Å²) >= 11 is 0. The van der Waals surface area contributed by atoms with Gasteiger partial charge >= 0.3 is 12.1 Å². The highest BCUT2D eigenvalue weighted by molar-refractivity contribution is 5.88. The third-order valence-electron chi connectivity index (χ3n) is 3.54. The van der Waals surface area contributed by atoms with Crippen LogP contribution in [-0.2, 0) is 6.18 Å². The number of alkyl halides is 3. The molecule has 2 heterocycles. The smallest absolute Gasteiger partial charge is 0.416 e. The number of halogens is 3. The van der Waals surface area contributed by atoms with Gasteiger partial charge in [-0.2, -0.15) is 23.0 Å². The summed E-state index contributed by atoms with van der Waals surface area (Å²) in [6.07, 6.45) is -1.71. The minimum absolute atomic E-state index is 0.0413. The number of nitrogens with zero attached hydrogens (tertiary/aromatic N) is 3. The Morgan fingerprint density at radius 2 is 1.81 bits per heavy atom. The fraction of sp³-hybridized carbons (Fsp3) is 0.0588. The van der Waals surface area contributed by atoms with Crippen molar-refractivity contribution in [2.45, 2.75) is 6.18 Å². The van der Waals surface area contributed by atoms with Gasteiger partial charge in [-0.25, -0.2) is 4.79 Å². The molecule has 0 bridgehead atoms. The van der Waals surface area contributed by atoms with Crippen molar-refractivity contribution in [2.75, 3.05) is 0 Å². The summed E-state index contributed by atoms with van der Waals surface area (Å²) in [6.45, 7) is 0. The number of hydrogen-bond acceptors (Lipinski definition) is 4. The van der Waals surface area contributed by atoms with Crippen LogP contribution in [0.15, 0.2) is 59.7 Å². The van der Waals surface area contributed by atoms with E-state index in [4.69, 9.17) is 0 Å². The van der Waals surface area contributed by atoms with Gasteiger partial charge in [0, 0.05) is 11.8 Å². The van der Waals surface area contributed by atoms with Gasteiger partial charge in [-0.3, -0.25) is 9.78 Å². The molecule has 2 aromatic heterocycles. The molecule has 1 N–H and O–H groups in total. The van der Waals surface area contributed by atoms with Crippen LogP contribution >= 0.6 is 0 Å². The van der Waals surface area contributed by atoms with Gasteiger partial charge in [-0.05, 0) is 30.3 Å². The molecule has 6 nitrogen and oxygen atoms in total. The van der Waals surface area contributed by atoms with Crippen molar-refractivity contribution in [3.63, 3.8) is 0 Å². The standard InChI is InChI=1S/C17H10F3N3O3/c18-17(19,20)11-5-3-10(4-6-11)14-8-13(16(25)26)15(24)23(22-14)12-2-1-7-21-9-12/h1-9H,(H,25,26). The van der Waals surface area contributed by atoms with E-state index in [0.717, 1.165) is 35.0 Å². The van der Waals surface area contributed by atoms with E-state index in [1.807, 2.05) is 0 Å². The van der Waals surface area contributed by atoms with Crippen LogP contribution in [0.2, 0.25) is 0 Å². The van der Waals surface area contributed by atoms with Crippen LogP contribution in [-0.4, -0.2) is 25.8 Å². The molecule has 0 aliphatic heterocycles. The number of benzene rings is 1. The number of aromatic carboxylic acids is 1. The monoisotopic (exact) mass is 361 g/mol. The first-order chi connectivity index (χ1) is 12.3. The second-order valence-electron chi connectivity index (χ2n) is 5.25. The van der Waals surface area contributed by atoms with Crippen molar-refractivity contribution in [1.82, 2.24) is 14.8 Å². The molecule has 3 rings (SSSR count). The normalized spacial score (nSPS) is 11.3. The van der Waals surface area contributed by atoms with Crippen molar-refractivity contribution in [1.29, 1.82) is 0 Å². The van der Waals surface area contributed by atoms with E-state index < -0.39 is 28.8 Å². The van der Waals surface area contributed by atoms with Crippen molar-refractivity contribution in [3.05, 3.63) is 76.3 Å². The Labute approximate surface area is 144 Å². The maximum absolute atomic E-state index is 12.7. The molecule has 0 unspecified atom stereocenters. The molecule has 0 saturated carbocycles. The van der Waals surface area contributed by atoms with Gasteiger partial charge in [-0.1, -0.05) is 12.1 Å². The average Bonchev–Trinajstić information content (AvgIpc) is 2.62. The molecule has 3 aromatic rings. The fourth-order valence-electron chi connectivity index (χ4n) is 2.27. The van der Waals surface area contributed by atoms with Crippen molar-refractivity contribution < 1.29 is 23.1 Å². The Morgan fingerprint density at radius 1 is 1.12 bits per heavy atom. The SMILES string of the molecule is O=C(O)c1cc(-c2ccc(C(F)(F)F)cc2)nn(-c2cccnc2)c1=O. The van der Waals surface area contributed by atoms with E-state index >= 15 is 0 Å². The van der Waals surface area contributed by atoms with E-state index in [-0.39, 0.29) is 16.9 Å². The number of pyridine rings is 1. The van der Waals surface area contributed by atoms with Crippen LogP contribution < -0.4 is 5.56 Å². The zero-order valence-electron chi connectivity index (χ0n) is 12.9. The summed E-state index contributed by atoms with van der Waals surface area (Å²) in [7, 11) is 0. The third kappa shape index (κ3) is 3.32. The fourth-order valence-corrected chi connectivity index (χ4v) is 2.27. The summed E-state index contributed by atoms with van der Waals surface area (Å²) < 4.78 is 38.9. The molecule has 0 atom stereocenters. The highest BCUT2D eigenvalue weighted by Crippen LogP contribution is 2.30. The molecule has 0 aliphatic rings. The molecule has 9 heteroatoms. The molecule has 0 radical (unpaired) electrons. The Bertz CT molecular complexity index is 1010. The lowest BCUT2D eigenvalue weighted by Crippen LogP contribution is -2.27. The van der Waals surface area contributed by atoms with Crippen LogP contribution in [0.3, 0.4) is 0 Å². The topological polar surface area (TPSA) is 85.1 Å². The van der Waals surface area contributed by atoms with Crippen LogP contribution in [0.5, 0.6) is 0 Å². The first-order valence-corrected chi connectivity index (χ1v) is 7.23. The van der Waals surface area contributed by atoms with Crippen LogP contribution in [0, 0.1) is 0 Å². The third-order valence-corrected chi connectivity index (χ3v) is 3.54. The Kier molecular flexibility index (Phi) is 4.29. The molecule has 1 aromatic carbocycles. The molecule has 0 spiro atoms. The molecular weight excluding hydrogens is 351 g/mol.